The average molecular weight is 262 g/mol. The molecule has 0 aliphatic heterocycles. The van der Waals surface area contributed by atoms with Gasteiger partial charge >= 0.3 is 0 Å². The number of hydrogen-bond donors (Lipinski definition) is 2. The van der Waals surface area contributed by atoms with Gasteiger partial charge in [-0.05, 0) is 11.0 Å². The molecule has 1 aromatic rings. The summed E-state index contributed by atoms with van der Waals surface area (Å²) in [6.07, 6.45) is 0. The molecular weight excluding hydrogens is 236 g/mol. The maximum Gasteiger partial charge on any atom is 0.237 e. The molecule has 1 atom stereocenters. The third-order valence-corrected chi connectivity index (χ3v) is 3.48. The Morgan fingerprint density at radius 1 is 1.16 bits per heavy atom. The van der Waals surface area contributed by atoms with E-state index in [4.69, 9.17) is 5.73 Å². The Balaban J connectivity index is 2.64. The van der Waals surface area contributed by atoms with Crippen LogP contribution in [0.15, 0.2) is 30.3 Å². The molecule has 0 fully saturated rings. The van der Waals surface area contributed by atoms with Gasteiger partial charge in [-0.15, -0.1) is 0 Å². The molecule has 0 heterocycles. The second-order valence-corrected chi connectivity index (χ2v) is 6.81. The van der Waals surface area contributed by atoms with Crippen molar-refractivity contribution in [1.29, 1.82) is 0 Å². The fourth-order valence-corrected chi connectivity index (χ4v) is 1.80. The van der Waals surface area contributed by atoms with Crippen LogP contribution in [-0.4, -0.2) is 18.5 Å². The normalized spacial score (nSPS) is 14.0. The SMILES string of the molecule is CC(C)(CNC(=O)[C@H](N)C(C)(C)C)c1ccccc1. The Labute approximate surface area is 116 Å². The summed E-state index contributed by atoms with van der Waals surface area (Å²) in [7, 11) is 0. The van der Waals surface area contributed by atoms with Crippen molar-refractivity contribution in [2.45, 2.75) is 46.1 Å². The summed E-state index contributed by atoms with van der Waals surface area (Å²) in [5, 5.41) is 2.96. The van der Waals surface area contributed by atoms with Crippen molar-refractivity contribution in [2.24, 2.45) is 11.1 Å². The van der Waals surface area contributed by atoms with Gasteiger partial charge in [-0.1, -0.05) is 65.0 Å². The van der Waals surface area contributed by atoms with Gasteiger partial charge in [-0.3, -0.25) is 4.79 Å². The quantitative estimate of drug-likeness (QED) is 0.875. The molecule has 3 N–H and O–H groups in total. The van der Waals surface area contributed by atoms with E-state index >= 15 is 0 Å². The second kappa shape index (κ2) is 5.74. The maximum absolute atomic E-state index is 12.0. The number of amides is 1. The van der Waals surface area contributed by atoms with Gasteiger partial charge in [0.25, 0.3) is 0 Å². The van der Waals surface area contributed by atoms with Crippen LogP contribution in [0.5, 0.6) is 0 Å². The molecule has 3 heteroatoms. The number of nitrogens with one attached hydrogen (secondary N) is 1. The number of rotatable bonds is 4. The Kier molecular flexibility index (Phi) is 4.75. The fraction of sp³-hybridized carbons (Fsp3) is 0.562. The molecule has 0 spiro atoms. The maximum atomic E-state index is 12.0. The first-order chi connectivity index (χ1) is 8.64. The smallest absolute Gasteiger partial charge is 0.237 e. The molecule has 1 amide bonds. The zero-order valence-corrected chi connectivity index (χ0v) is 12.7. The lowest BCUT2D eigenvalue weighted by Crippen LogP contribution is -2.50. The summed E-state index contributed by atoms with van der Waals surface area (Å²) in [6, 6.07) is 9.69. The van der Waals surface area contributed by atoms with Crippen LogP contribution in [0.2, 0.25) is 0 Å². The Morgan fingerprint density at radius 2 is 1.68 bits per heavy atom. The first kappa shape index (κ1) is 15.7. The highest BCUT2D eigenvalue weighted by Crippen LogP contribution is 2.22. The first-order valence-electron chi connectivity index (χ1n) is 6.73. The van der Waals surface area contributed by atoms with E-state index in [9.17, 15) is 4.79 Å². The monoisotopic (exact) mass is 262 g/mol. The van der Waals surface area contributed by atoms with Gasteiger partial charge in [0.05, 0.1) is 6.04 Å². The highest BCUT2D eigenvalue weighted by atomic mass is 16.2. The van der Waals surface area contributed by atoms with Gasteiger partial charge in [0.1, 0.15) is 0 Å². The average Bonchev–Trinajstić information content (AvgIpc) is 2.35. The highest BCUT2D eigenvalue weighted by Gasteiger charge is 2.29. The van der Waals surface area contributed by atoms with E-state index in [-0.39, 0.29) is 16.7 Å². The Morgan fingerprint density at radius 3 is 2.16 bits per heavy atom. The van der Waals surface area contributed by atoms with Crippen LogP contribution in [0.1, 0.15) is 40.2 Å². The molecular formula is C16H26N2O. The largest absolute Gasteiger partial charge is 0.354 e. The molecule has 1 rings (SSSR count). The van der Waals surface area contributed by atoms with Crippen molar-refractivity contribution in [3.05, 3.63) is 35.9 Å². The van der Waals surface area contributed by atoms with Crippen LogP contribution in [-0.2, 0) is 10.2 Å². The molecule has 0 bridgehead atoms. The molecule has 106 valence electrons. The van der Waals surface area contributed by atoms with Crippen molar-refractivity contribution in [1.82, 2.24) is 5.32 Å². The second-order valence-electron chi connectivity index (χ2n) is 6.81. The van der Waals surface area contributed by atoms with Gasteiger partial charge in [-0.2, -0.15) is 0 Å². The van der Waals surface area contributed by atoms with Crippen molar-refractivity contribution in [2.75, 3.05) is 6.54 Å². The number of carbonyl (C=O) groups is 1. The van der Waals surface area contributed by atoms with Gasteiger partial charge in [0, 0.05) is 12.0 Å². The van der Waals surface area contributed by atoms with Gasteiger partial charge < -0.3 is 11.1 Å². The third kappa shape index (κ3) is 4.35. The zero-order chi connectivity index (χ0) is 14.7. The van der Waals surface area contributed by atoms with E-state index in [0.29, 0.717) is 6.54 Å². The molecule has 0 aliphatic carbocycles. The molecule has 0 saturated heterocycles. The minimum atomic E-state index is -0.487. The summed E-state index contributed by atoms with van der Waals surface area (Å²) in [5.41, 5.74) is 6.83. The van der Waals surface area contributed by atoms with Crippen LogP contribution in [0, 0.1) is 5.41 Å². The lowest BCUT2D eigenvalue weighted by molar-refractivity contribution is -0.124. The number of benzene rings is 1. The van der Waals surface area contributed by atoms with Crippen LogP contribution in [0.4, 0.5) is 0 Å². The van der Waals surface area contributed by atoms with E-state index in [1.807, 2.05) is 39.0 Å². The molecule has 0 aromatic heterocycles. The summed E-state index contributed by atoms with van der Waals surface area (Å²) in [4.78, 5) is 12.0. The third-order valence-electron chi connectivity index (χ3n) is 3.48. The fourth-order valence-electron chi connectivity index (χ4n) is 1.80. The van der Waals surface area contributed by atoms with E-state index in [1.165, 1.54) is 5.56 Å². The molecule has 3 nitrogen and oxygen atoms in total. The van der Waals surface area contributed by atoms with E-state index < -0.39 is 6.04 Å². The Bertz CT molecular complexity index is 418. The topological polar surface area (TPSA) is 55.1 Å². The molecule has 19 heavy (non-hydrogen) atoms. The zero-order valence-electron chi connectivity index (χ0n) is 12.7. The predicted molar refractivity (Wildman–Crippen MR) is 79.9 cm³/mol. The van der Waals surface area contributed by atoms with Crippen LogP contribution in [0.3, 0.4) is 0 Å². The highest BCUT2D eigenvalue weighted by molar-refractivity contribution is 5.82. The predicted octanol–water partition coefficient (Wildman–Crippen LogP) is 2.45. The standard InChI is InChI=1S/C16H26N2O/c1-15(2,3)13(17)14(19)18-11-16(4,5)12-9-7-6-8-10-12/h6-10,13H,11,17H2,1-5H3,(H,18,19)/t13-/m0/s1. The number of carbonyl (C=O) groups excluding carboxylic acids is 1. The summed E-state index contributed by atoms with van der Waals surface area (Å²) < 4.78 is 0. The van der Waals surface area contributed by atoms with E-state index in [0.717, 1.165) is 0 Å². The molecule has 0 aliphatic rings. The minimum absolute atomic E-state index is 0.0866. The van der Waals surface area contributed by atoms with E-state index in [1.54, 1.807) is 0 Å². The van der Waals surface area contributed by atoms with Crippen molar-refractivity contribution in [3.8, 4) is 0 Å². The Hall–Kier alpha value is -1.35. The van der Waals surface area contributed by atoms with E-state index in [2.05, 4.69) is 31.3 Å². The molecule has 0 radical (unpaired) electrons. The molecule has 0 saturated carbocycles. The number of hydrogen-bond acceptors (Lipinski definition) is 2. The number of nitrogens with two attached hydrogens (primary N) is 1. The van der Waals surface area contributed by atoms with Crippen molar-refractivity contribution >= 4 is 5.91 Å². The van der Waals surface area contributed by atoms with Crippen molar-refractivity contribution < 1.29 is 4.79 Å². The van der Waals surface area contributed by atoms with Crippen LogP contribution >= 0.6 is 0 Å². The van der Waals surface area contributed by atoms with Gasteiger partial charge in [-0.25, -0.2) is 0 Å². The van der Waals surface area contributed by atoms with Crippen LogP contribution in [0.25, 0.3) is 0 Å². The summed E-state index contributed by atoms with van der Waals surface area (Å²) in [6.45, 7) is 10.7. The minimum Gasteiger partial charge on any atom is -0.354 e. The van der Waals surface area contributed by atoms with Gasteiger partial charge in [0.2, 0.25) is 5.91 Å². The molecule has 1 aromatic carbocycles. The summed E-state index contributed by atoms with van der Waals surface area (Å²) >= 11 is 0. The van der Waals surface area contributed by atoms with Crippen molar-refractivity contribution in [3.63, 3.8) is 0 Å². The lowest BCUT2D eigenvalue weighted by atomic mass is 9.83. The summed E-state index contributed by atoms with van der Waals surface area (Å²) in [5.74, 6) is -0.0866. The molecule has 0 unspecified atom stereocenters. The first-order valence-corrected chi connectivity index (χ1v) is 6.73. The van der Waals surface area contributed by atoms with Gasteiger partial charge in [0.15, 0.2) is 0 Å². The lowest BCUT2D eigenvalue weighted by Gasteiger charge is -2.29. The van der Waals surface area contributed by atoms with Crippen LogP contribution < -0.4 is 11.1 Å².